The van der Waals surface area contributed by atoms with E-state index in [0.717, 1.165) is 21.9 Å². The number of hydrogen-bond donors (Lipinski definition) is 1. The lowest BCUT2D eigenvalue weighted by molar-refractivity contribution is -0.155. The number of amides is 1. The number of Topliss-reactive ketones (excluding diaryl/α,β-unsaturated/α-hetero) is 1. The van der Waals surface area contributed by atoms with Crippen molar-refractivity contribution in [2.24, 2.45) is 0 Å². The molecule has 136 valence electrons. The van der Waals surface area contributed by atoms with Crippen LogP contribution in [0.25, 0.3) is 10.8 Å². The summed E-state index contributed by atoms with van der Waals surface area (Å²) < 4.78 is 6.48. The van der Waals surface area contributed by atoms with Gasteiger partial charge in [0.15, 0.2) is 0 Å². The third-order valence-corrected chi connectivity index (χ3v) is 5.21. The standard InChI is InChI=1S/C23H21NO3/c1-23(20-8-4-5-9-21(20)24-15-25)14-19(26)13-22(27-23)18-11-10-16-6-2-3-7-17(16)12-18/h2-12,15,22H,13-14H2,1H3,(H,24,25)/t22-,23+/m1/s1. The van der Waals surface area contributed by atoms with Gasteiger partial charge >= 0.3 is 0 Å². The van der Waals surface area contributed by atoms with Gasteiger partial charge in [-0.1, -0.05) is 54.6 Å². The molecular formula is C23H21NO3. The Labute approximate surface area is 158 Å². The molecule has 0 aromatic heterocycles. The summed E-state index contributed by atoms with van der Waals surface area (Å²) in [6, 6.07) is 21.8. The maximum atomic E-state index is 12.6. The zero-order valence-corrected chi connectivity index (χ0v) is 15.1. The van der Waals surface area contributed by atoms with Gasteiger partial charge in [-0.15, -0.1) is 0 Å². The zero-order valence-electron chi connectivity index (χ0n) is 15.1. The van der Waals surface area contributed by atoms with Crippen LogP contribution in [-0.2, 0) is 19.9 Å². The summed E-state index contributed by atoms with van der Waals surface area (Å²) in [7, 11) is 0. The van der Waals surface area contributed by atoms with Gasteiger partial charge in [0.2, 0.25) is 6.41 Å². The van der Waals surface area contributed by atoms with Gasteiger partial charge < -0.3 is 10.1 Å². The number of anilines is 1. The van der Waals surface area contributed by atoms with Crippen molar-refractivity contribution in [3.05, 3.63) is 77.9 Å². The normalized spacial score (nSPS) is 22.6. The molecule has 1 saturated heterocycles. The van der Waals surface area contributed by atoms with E-state index in [1.54, 1.807) is 0 Å². The van der Waals surface area contributed by atoms with Crippen LogP contribution in [0.4, 0.5) is 5.69 Å². The fourth-order valence-electron chi connectivity index (χ4n) is 3.94. The molecule has 1 aliphatic heterocycles. The molecule has 1 heterocycles. The second-order valence-corrected chi connectivity index (χ2v) is 7.17. The fourth-order valence-corrected chi connectivity index (χ4v) is 3.94. The van der Waals surface area contributed by atoms with Gasteiger partial charge in [0.25, 0.3) is 0 Å². The first-order chi connectivity index (χ1) is 13.1. The monoisotopic (exact) mass is 359 g/mol. The van der Waals surface area contributed by atoms with E-state index in [2.05, 4.69) is 29.6 Å². The largest absolute Gasteiger partial charge is 0.362 e. The van der Waals surface area contributed by atoms with Crippen LogP contribution in [-0.4, -0.2) is 12.2 Å². The molecule has 0 spiro atoms. The predicted octanol–water partition coefficient (Wildman–Crippen LogP) is 4.74. The summed E-state index contributed by atoms with van der Waals surface area (Å²) in [6.07, 6.45) is 0.976. The number of carbonyl (C=O) groups excluding carboxylic acids is 2. The molecule has 4 rings (SSSR count). The molecule has 0 aliphatic carbocycles. The number of hydrogen-bond acceptors (Lipinski definition) is 3. The van der Waals surface area contributed by atoms with Crippen molar-refractivity contribution >= 4 is 28.7 Å². The van der Waals surface area contributed by atoms with Gasteiger partial charge in [-0.25, -0.2) is 0 Å². The first-order valence-electron chi connectivity index (χ1n) is 9.07. The van der Waals surface area contributed by atoms with Crippen molar-refractivity contribution in [1.29, 1.82) is 0 Å². The average molecular weight is 359 g/mol. The molecule has 1 fully saturated rings. The first-order valence-corrected chi connectivity index (χ1v) is 9.07. The molecule has 4 heteroatoms. The Hall–Kier alpha value is -2.98. The lowest BCUT2D eigenvalue weighted by Gasteiger charge is -2.39. The number of ether oxygens (including phenoxy) is 1. The number of nitrogens with one attached hydrogen (secondary N) is 1. The number of ketones is 1. The molecule has 0 bridgehead atoms. The van der Waals surface area contributed by atoms with Gasteiger partial charge in [0.1, 0.15) is 11.4 Å². The van der Waals surface area contributed by atoms with Crippen LogP contribution in [0.3, 0.4) is 0 Å². The van der Waals surface area contributed by atoms with Crippen molar-refractivity contribution in [2.45, 2.75) is 31.5 Å². The highest BCUT2D eigenvalue weighted by atomic mass is 16.5. The van der Waals surface area contributed by atoms with E-state index in [1.807, 2.05) is 49.4 Å². The van der Waals surface area contributed by atoms with E-state index in [0.29, 0.717) is 18.5 Å². The van der Waals surface area contributed by atoms with Crippen LogP contribution >= 0.6 is 0 Å². The van der Waals surface area contributed by atoms with E-state index in [1.165, 1.54) is 0 Å². The highest BCUT2D eigenvalue weighted by molar-refractivity contribution is 5.85. The Bertz CT molecular complexity index is 1010. The number of carbonyl (C=O) groups is 2. The molecule has 4 nitrogen and oxygen atoms in total. The van der Waals surface area contributed by atoms with Crippen molar-refractivity contribution in [3.63, 3.8) is 0 Å². The molecule has 3 aromatic rings. The second-order valence-electron chi connectivity index (χ2n) is 7.17. The topological polar surface area (TPSA) is 55.4 Å². The number of rotatable bonds is 4. The fraction of sp³-hybridized carbons (Fsp3) is 0.217. The van der Waals surface area contributed by atoms with Gasteiger partial charge in [-0.3, -0.25) is 9.59 Å². The Morgan fingerprint density at radius 2 is 1.78 bits per heavy atom. The number of fused-ring (bicyclic) bond motifs is 1. The summed E-state index contributed by atoms with van der Waals surface area (Å²) in [6.45, 7) is 1.92. The van der Waals surface area contributed by atoms with Crippen LogP contribution in [0.1, 0.15) is 37.0 Å². The highest BCUT2D eigenvalue weighted by Crippen LogP contribution is 2.44. The molecule has 1 amide bonds. The minimum absolute atomic E-state index is 0.155. The minimum Gasteiger partial charge on any atom is -0.362 e. The SMILES string of the molecule is C[C@@]1(c2ccccc2NC=O)CC(=O)C[C@H](c2ccc3ccccc3c2)O1. The van der Waals surface area contributed by atoms with Crippen LogP contribution in [0.5, 0.6) is 0 Å². The lowest BCUT2D eigenvalue weighted by Crippen LogP contribution is -2.37. The van der Waals surface area contributed by atoms with Crippen molar-refractivity contribution in [1.82, 2.24) is 0 Å². The van der Waals surface area contributed by atoms with E-state index in [9.17, 15) is 9.59 Å². The zero-order chi connectivity index (χ0) is 18.9. The van der Waals surface area contributed by atoms with E-state index >= 15 is 0 Å². The molecule has 0 saturated carbocycles. The molecule has 3 aromatic carbocycles. The van der Waals surface area contributed by atoms with Crippen molar-refractivity contribution in [2.75, 3.05) is 5.32 Å². The van der Waals surface area contributed by atoms with Gasteiger partial charge in [0.05, 0.1) is 6.10 Å². The van der Waals surface area contributed by atoms with Crippen molar-refractivity contribution < 1.29 is 14.3 Å². The highest BCUT2D eigenvalue weighted by Gasteiger charge is 2.40. The Balaban J connectivity index is 1.72. The summed E-state index contributed by atoms with van der Waals surface area (Å²) in [5.41, 5.74) is 1.69. The van der Waals surface area contributed by atoms with Crippen molar-refractivity contribution in [3.8, 4) is 0 Å². The van der Waals surface area contributed by atoms with Crippen LogP contribution in [0.15, 0.2) is 66.7 Å². The van der Waals surface area contributed by atoms with Gasteiger partial charge in [0, 0.05) is 24.1 Å². The maximum Gasteiger partial charge on any atom is 0.211 e. The summed E-state index contributed by atoms with van der Waals surface area (Å²) in [4.78, 5) is 23.6. The average Bonchev–Trinajstić information content (AvgIpc) is 2.67. The third kappa shape index (κ3) is 3.36. The quantitative estimate of drug-likeness (QED) is 0.684. The van der Waals surface area contributed by atoms with E-state index in [4.69, 9.17) is 4.74 Å². The minimum atomic E-state index is -0.793. The molecular weight excluding hydrogens is 338 g/mol. The molecule has 0 radical (unpaired) electrons. The van der Waals surface area contributed by atoms with Crippen LogP contribution in [0.2, 0.25) is 0 Å². The molecule has 27 heavy (non-hydrogen) atoms. The second kappa shape index (κ2) is 6.97. The van der Waals surface area contributed by atoms with E-state index < -0.39 is 5.60 Å². The Kier molecular flexibility index (Phi) is 4.50. The Morgan fingerprint density at radius 3 is 2.59 bits per heavy atom. The molecule has 1 aliphatic rings. The maximum absolute atomic E-state index is 12.6. The van der Waals surface area contributed by atoms with E-state index in [-0.39, 0.29) is 18.3 Å². The van der Waals surface area contributed by atoms with Gasteiger partial charge in [-0.05, 0) is 35.4 Å². The van der Waals surface area contributed by atoms with Crippen LogP contribution < -0.4 is 5.32 Å². The summed E-state index contributed by atoms with van der Waals surface area (Å²) in [5.74, 6) is 0.155. The van der Waals surface area contributed by atoms with Gasteiger partial charge in [-0.2, -0.15) is 0 Å². The molecule has 0 unspecified atom stereocenters. The van der Waals surface area contributed by atoms with Crippen LogP contribution in [0, 0.1) is 0 Å². The lowest BCUT2D eigenvalue weighted by atomic mass is 9.83. The Morgan fingerprint density at radius 1 is 1.04 bits per heavy atom. The number of benzene rings is 3. The number of para-hydroxylation sites is 1. The first kappa shape index (κ1) is 17.4. The smallest absolute Gasteiger partial charge is 0.211 e. The summed E-state index contributed by atoms with van der Waals surface area (Å²) in [5, 5.41) is 5.01. The summed E-state index contributed by atoms with van der Waals surface area (Å²) >= 11 is 0. The molecule has 2 atom stereocenters. The predicted molar refractivity (Wildman–Crippen MR) is 105 cm³/mol. The molecule has 1 N–H and O–H groups in total. The third-order valence-electron chi connectivity index (χ3n) is 5.21.